The van der Waals surface area contributed by atoms with Gasteiger partial charge in [0, 0.05) is 0 Å². The summed E-state index contributed by atoms with van der Waals surface area (Å²) in [5.41, 5.74) is -1.21. The number of hydrogen-bond acceptors (Lipinski definition) is 8. The zero-order valence-corrected chi connectivity index (χ0v) is 20.9. The molecule has 5 fully saturated rings. The Morgan fingerprint density at radius 2 is 1.59 bits per heavy atom. The van der Waals surface area contributed by atoms with Gasteiger partial charge in [-0.25, -0.2) is 0 Å². The third-order valence-corrected chi connectivity index (χ3v) is 10.7. The van der Waals surface area contributed by atoms with Crippen molar-refractivity contribution in [2.45, 2.75) is 121 Å². The first-order chi connectivity index (χ1) is 15.7. The molecule has 34 heavy (non-hydrogen) atoms. The summed E-state index contributed by atoms with van der Waals surface area (Å²) < 4.78 is 12.0. The van der Waals surface area contributed by atoms with E-state index in [-0.39, 0.29) is 34.2 Å². The Hall–Kier alpha value is -0.320. The standard InChI is InChI=1S/C26H44O8/c1-23(2)8-14(33-22-20(31)19(30)18(29)16(11-27)34-22)9-24(3)17-6-5-13-7-26(17,12-25(13,4)32)10-15(28)21(23)24/h13-22,27-32H,5-12H2,1-4H3/t13?,14?,15?,16?,17-,18?,19?,20?,21+,22?,24-,25+,26+/m0/s1. The van der Waals surface area contributed by atoms with Gasteiger partial charge in [-0.2, -0.15) is 0 Å². The summed E-state index contributed by atoms with van der Waals surface area (Å²) in [6.07, 6.45) is -1.36. The molecule has 2 bridgehead atoms. The van der Waals surface area contributed by atoms with Crippen LogP contribution in [-0.2, 0) is 9.47 Å². The quantitative estimate of drug-likeness (QED) is 0.325. The Kier molecular flexibility index (Phi) is 6.03. The number of rotatable bonds is 3. The number of hydrogen-bond donors (Lipinski definition) is 6. The van der Waals surface area contributed by atoms with Gasteiger partial charge in [-0.05, 0) is 85.9 Å². The van der Waals surface area contributed by atoms with Crippen molar-refractivity contribution in [1.82, 2.24) is 0 Å². The first kappa shape index (κ1) is 25.3. The molecule has 13 atom stereocenters. The molecule has 0 aromatic heterocycles. The van der Waals surface area contributed by atoms with Crippen LogP contribution in [0.3, 0.4) is 0 Å². The molecule has 1 heterocycles. The highest BCUT2D eigenvalue weighted by atomic mass is 16.7. The summed E-state index contributed by atoms with van der Waals surface area (Å²) in [4.78, 5) is 0. The molecule has 5 rings (SSSR count). The maximum atomic E-state index is 11.5. The van der Waals surface area contributed by atoms with Crippen LogP contribution < -0.4 is 0 Å². The van der Waals surface area contributed by atoms with Crippen LogP contribution in [-0.4, -0.2) is 85.8 Å². The molecule has 5 aliphatic rings. The fourth-order valence-electron chi connectivity index (χ4n) is 9.93. The minimum atomic E-state index is -1.47. The second-order valence-electron chi connectivity index (χ2n) is 13.5. The molecule has 0 aromatic rings. The predicted octanol–water partition coefficient (Wildman–Crippen LogP) is 0.936. The van der Waals surface area contributed by atoms with Gasteiger partial charge in [-0.15, -0.1) is 0 Å². The summed E-state index contributed by atoms with van der Waals surface area (Å²) in [6, 6.07) is 0. The molecule has 1 spiro atoms. The predicted molar refractivity (Wildman–Crippen MR) is 122 cm³/mol. The van der Waals surface area contributed by atoms with Crippen LogP contribution >= 0.6 is 0 Å². The third kappa shape index (κ3) is 3.63. The Bertz CT molecular complexity index is 785. The molecule has 4 aliphatic carbocycles. The van der Waals surface area contributed by atoms with Crippen LogP contribution in [0.25, 0.3) is 0 Å². The Morgan fingerprint density at radius 3 is 2.26 bits per heavy atom. The summed E-state index contributed by atoms with van der Waals surface area (Å²) in [5, 5.41) is 63.1. The van der Waals surface area contributed by atoms with Crippen LogP contribution in [0, 0.1) is 34.0 Å². The van der Waals surface area contributed by atoms with E-state index in [0.717, 1.165) is 32.1 Å². The van der Waals surface area contributed by atoms with Crippen molar-refractivity contribution >= 4 is 0 Å². The topological polar surface area (TPSA) is 140 Å². The first-order valence-electron chi connectivity index (χ1n) is 13.1. The first-order valence-corrected chi connectivity index (χ1v) is 13.1. The lowest BCUT2D eigenvalue weighted by Gasteiger charge is -2.66. The van der Waals surface area contributed by atoms with Crippen molar-refractivity contribution in [2.24, 2.45) is 34.0 Å². The highest BCUT2D eigenvalue weighted by molar-refractivity contribution is 5.18. The monoisotopic (exact) mass is 484 g/mol. The van der Waals surface area contributed by atoms with E-state index >= 15 is 0 Å². The largest absolute Gasteiger partial charge is 0.394 e. The maximum absolute atomic E-state index is 11.5. The molecule has 8 heteroatoms. The number of aliphatic hydroxyl groups is 6. The SMILES string of the molecule is CC1(C)CC(OC2OC(CO)C(O)C(O)C2O)C[C@]2(C)[C@@H]1C(O)C[C@@]13CC(CC[C@H]12)[C@](C)(O)C3. The van der Waals surface area contributed by atoms with E-state index in [0.29, 0.717) is 18.8 Å². The highest BCUT2D eigenvalue weighted by Crippen LogP contribution is 2.73. The van der Waals surface area contributed by atoms with Gasteiger partial charge in [0.1, 0.15) is 24.4 Å². The van der Waals surface area contributed by atoms with Crippen molar-refractivity contribution < 1.29 is 40.1 Å². The lowest BCUT2D eigenvalue weighted by molar-refractivity contribution is -0.324. The van der Waals surface area contributed by atoms with Crippen molar-refractivity contribution in [3.05, 3.63) is 0 Å². The van der Waals surface area contributed by atoms with Gasteiger partial charge >= 0.3 is 0 Å². The van der Waals surface area contributed by atoms with Gasteiger partial charge in [-0.3, -0.25) is 0 Å². The van der Waals surface area contributed by atoms with Crippen LogP contribution in [0.2, 0.25) is 0 Å². The number of aliphatic hydroxyl groups excluding tert-OH is 5. The molecule has 0 radical (unpaired) electrons. The van der Waals surface area contributed by atoms with E-state index in [1.807, 2.05) is 6.92 Å². The smallest absolute Gasteiger partial charge is 0.186 e. The van der Waals surface area contributed by atoms with Gasteiger partial charge in [0.05, 0.1) is 24.4 Å². The van der Waals surface area contributed by atoms with E-state index in [9.17, 15) is 30.6 Å². The Labute approximate surface area is 202 Å². The summed E-state index contributed by atoms with van der Waals surface area (Å²) in [5.74, 6) is 0.736. The van der Waals surface area contributed by atoms with Crippen molar-refractivity contribution in [3.8, 4) is 0 Å². The lowest BCUT2D eigenvalue weighted by Crippen LogP contribution is -2.64. The van der Waals surface area contributed by atoms with E-state index in [2.05, 4.69) is 20.8 Å². The average Bonchev–Trinajstić information content (AvgIpc) is 2.90. The molecule has 1 saturated heterocycles. The summed E-state index contributed by atoms with van der Waals surface area (Å²) in [6.45, 7) is 8.11. The maximum Gasteiger partial charge on any atom is 0.186 e. The Morgan fingerprint density at radius 1 is 0.882 bits per heavy atom. The molecule has 6 N–H and O–H groups in total. The molecule has 4 saturated carbocycles. The molecular formula is C26H44O8. The zero-order chi connectivity index (χ0) is 24.8. The van der Waals surface area contributed by atoms with Gasteiger partial charge in [0.25, 0.3) is 0 Å². The van der Waals surface area contributed by atoms with Crippen LogP contribution in [0.4, 0.5) is 0 Å². The van der Waals surface area contributed by atoms with E-state index in [4.69, 9.17) is 9.47 Å². The molecule has 8 nitrogen and oxygen atoms in total. The van der Waals surface area contributed by atoms with E-state index in [1.165, 1.54) is 0 Å². The normalized spacial score (nSPS) is 58.8. The van der Waals surface area contributed by atoms with Crippen molar-refractivity contribution in [3.63, 3.8) is 0 Å². The van der Waals surface area contributed by atoms with E-state index in [1.54, 1.807) is 0 Å². The van der Waals surface area contributed by atoms with Crippen LogP contribution in [0.5, 0.6) is 0 Å². The number of fused-ring (bicyclic) bond motifs is 3. The summed E-state index contributed by atoms with van der Waals surface area (Å²) in [7, 11) is 0. The molecule has 1 aliphatic heterocycles. The van der Waals surface area contributed by atoms with Gasteiger partial charge in [0.2, 0.25) is 0 Å². The van der Waals surface area contributed by atoms with Crippen molar-refractivity contribution in [1.29, 1.82) is 0 Å². The Balaban J connectivity index is 1.43. The fraction of sp³-hybridized carbons (Fsp3) is 1.00. The van der Waals surface area contributed by atoms with Crippen LogP contribution in [0.15, 0.2) is 0 Å². The number of ether oxygens (including phenoxy) is 2. The zero-order valence-electron chi connectivity index (χ0n) is 20.9. The molecule has 8 unspecified atom stereocenters. The van der Waals surface area contributed by atoms with Crippen molar-refractivity contribution in [2.75, 3.05) is 6.61 Å². The minimum Gasteiger partial charge on any atom is -0.394 e. The second kappa shape index (κ2) is 8.09. The van der Waals surface area contributed by atoms with Gasteiger partial charge in [-0.1, -0.05) is 20.8 Å². The molecule has 0 amide bonds. The average molecular weight is 485 g/mol. The lowest BCUT2D eigenvalue weighted by atomic mass is 9.40. The third-order valence-electron chi connectivity index (χ3n) is 10.7. The minimum absolute atomic E-state index is 0.0712. The van der Waals surface area contributed by atoms with Crippen LogP contribution in [0.1, 0.15) is 72.6 Å². The molecular weight excluding hydrogens is 440 g/mol. The molecule has 196 valence electrons. The fourth-order valence-corrected chi connectivity index (χ4v) is 9.93. The molecule has 0 aromatic carbocycles. The second-order valence-corrected chi connectivity index (χ2v) is 13.5. The van der Waals surface area contributed by atoms with Gasteiger partial charge in [0.15, 0.2) is 6.29 Å². The van der Waals surface area contributed by atoms with E-state index < -0.39 is 49.0 Å². The summed E-state index contributed by atoms with van der Waals surface area (Å²) >= 11 is 0. The van der Waals surface area contributed by atoms with Gasteiger partial charge < -0.3 is 40.1 Å². The highest BCUT2D eigenvalue weighted by Gasteiger charge is 2.69.